The number of rotatable bonds is 6. The van der Waals surface area contributed by atoms with Crippen LogP contribution in [0.4, 0.5) is 0 Å². The number of hydrogen-bond acceptors (Lipinski definition) is 2. The Kier molecular flexibility index (Phi) is 5.84. The highest BCUT2D eigenvalue weighted by Crippen LogP contribution is 2.18. The van der Waals surface area contributed by atoms with Crippen molar-refractivity contribution < 1.29 is 0 Å². The van der Waals surface area contributed by atoms with Gasteiger partial charge in [0.25, 0.3) is 0 Å². The van der Waals surface area contributed by atoms with Crippen LogP contribution in [0, 0.1) is 0 Å². The number of nitrogens with one attached hydrogen (secondary N) is 1. The van der Waals surface area contributed by atoms with E-state index in [9.17, 15) is 0 Å². The van der Waals surface area contributed by atoms with Gasteiger partial charge in [-0.15, -0.1) is 0 Å². The summed E-state index contributed by atoms with van der Waals surface area (Å²) in [5.74, 6) is 0. The van der Waals surface area contributed by atoms with E-state index in [4.69, 9.17) is 23.2 Å². The van der Waals surface area contributed by atoms with E-state index in [0.717, 1.165) is 35.0 Å². The molecular formula is C16H18Cl2N2. The van der Waals surface area contributed by atoms with Crippen LogP contribution in [0.15, 0.2) is 42.7 Å². The van der Waals surface area contributed by atoms with Gasteiger partial charge in [-0.3, -0.25) is 4.98 Å². The van der Waals surface area contributed by atoms with Crippen molar-refractivity contribution in [2.24, 2.45) is 0 Å². The summed E-state index contributed by atoms with van der Waals surface area (Å²) in [5, 5.41) is 5.01. The highest BCUT2D eigenvalue weighted by atomic mass is 35.5. The fourth-order valence-corrected chi connectivity index (χ4v) is 2.57. The molecule has 0 spiro atoms. The smallest absolute Gasteiger partial charge is 0.0621 e. The van der Waals surface area contributed by atoms with Gasteiger partial charge >= 0.3 is 0 Å². The van der Waals surface area contributed by atoms with Crippen LogP contribution in [0.1, 0.15) is 18.1 Å². The van der Waals surface area contributed by atoms with Gasteiger partial charge in [0.1, 0.15) is 0 Å². The average molecular weight is 309 g/mol. The minimum Gasteiger partial charge on any atom is -0.314 e. The average Bonchev–Trinajstić information content (AvgIpc) is 2.44. The topological polar surface area (TPSA) is 24.9 Å². The zero-order valence-electron chi connectivity index (χ0n) is 11.4. The molecule has 1 atom stereocenters. The summed E-state index contributed by atoms with van der Waals surface area (Å²) in [5.41, 5.74) is 2.40. The molecule has 0 fully saturated rings. The summed E-state index contributed by atoms with van der Waals surface area (Å²) in [7, 11) is 0. The molecule has 1 unspecified atom stereocenters. The summed E-state index contributed by atoms with van der Waals surface area (Å²) in [6.45, 7) is 3.05. The molecule has 0 amide bonds. The van der Waals surface area contributed by atoms with Crippen molar-refractivity contribution in [1.82, 2.24) is 10.3 Å². The van der Waals surface area contributed by atoms with Gasteiger partial charge in [-0.25, -0.2) is 0 Å². The maximum atomic E-state index is 6.18. The quantitative estimate of drug-likeness (QED) is 0.867. The summed E-state index contributed by atoms with van der Waals surface area (Å²) in [4.78, 5) is 4.02. The Balaban J connectivity index is 2.07. The second-order valence-corrected chi connectivity index (χ2v) is 5.60. The van der Waals surface area contributed by atoms with Gasteiger partial charge in [-0.1, -0.05) is 42.3 Å². The first kappa shape index (κ1) is 15.3. The summed E-state index contributed by atoms with van der Waals surface area (Å²) in [6, 6.07) is 10.3. The van der Waals surface area contributed by atoms with Crippen molar-refractivity contribution in [1.29, 1.82) is 0 Å². The van der Waals surface area contributed by atoms with Crippen LogP contribution in [0.25, 0.3) is 0 Å². The van der Waals surface area contributed by atoms with Crippen LogP contribution < -0.4 is 5.32 Å². The van der Waals surface area contributed by atoms with Crippen molar-refractivity contribution >= 4 is 23.2 Å². The molecule has 1 N–H and O–H groups in total. The normalized spacial score (nSPS) is 12.3. The minimum atomic E-state index is 0.348. The summed E-state index contributed by atoms with van der Waals surface area (Å²) < 4.78 is 0. The Morgan fingerprint density at radius 2 is 1.85 bits per heavy atom. The Morgan fingerprint density at radius 3 is 2.50 bits per heavy atom. The highest BCUT2D eigenvalue weighted by Gasteiger charge is 2.11. The molecule has 4 heteroatoms. The second-order valence-electron chi connectivity index (χ2n) is 4.76. The molecule has 0 saturated carbocycles. The third-order valence-corrected chi connectivity index (χ3v) is 3.80. The lowest BCUT2D eigenvalue weighted by Gasteiger charge is -2.18. The van der Waals surface area contributed by atoms with E-state index in [1.54, 1.807) is 12.4 Å². The first-order valence-corrected chi connectivity index (χ1v) is 7.51. The van der Waals surface area contributed by atoms with Gasteiger partial charge in [0.15, 0.2) is 0 Å². The second kappa shape index (κ2) is 7.63. The zero-order chi connectivity index (χ0) is 14.4. The Labute approximate surface area is 130 Å². The Morgan fingerprint density at radius 1 is 1.10 bits per heavy atom. The molecule has 0 aliphatic heterocycles. The molecule has 1 heterocycles. The third kappa shape index (κ3) is 4.48. The maximum Gasteiger partial charge on any atom is 0.0621 e. The van der Waals surface area contributed by atoms with E-state index in [-0.39, 0.29) is 0 Å². The molecule has 0 bridgehead atoms. The van der Waals surface area contributed by atoms with E-state index < -0.39 is 0 Å². The number of halogens is 2. The molecule has 1 aromatic heterocycles. The molecule has 2 aromatic rings. The first-order valence-electron chi connectivity index (χ1n) is 6.75. The number of aromatic nitrogens is 1. The van der Waals surface area contributed by atoms with E-state index in [0.29, 0.717) is 6.04 Å². The Hall–Kier alpha value is -1.09. The van der Waals surface area contributed by atoms with E-state index in [2.05, 4.69) is 29.4 Å². The lowest BCUT2D eigenvalue weighted by atomic mass is 9.99. The Bertz CT molecular complexity index is 540. The SMILES string of the molecule is CCNC(Cc1ccc(Cl)cc1)Cc1ccncc1Cl. The van der Waals surface area contributed by atoms with Crippen molar-refractivity contribution in [2.75, 3.05) is 6.54 Å². The van der Waals surface area contributed by atoms with Gasteiger partial charge < -0.3 is 5.32 Å². The number of nitrogens with zero attached hydrogens (tertiary/aromatic N) is 1. The monoisotopic (exact) mass is 308 g/mol. The fourth-order valence-electron chi connectivity index (χ4n) is 2.25. The molecule has 20 heavy (non-hydrogen) atoms. The molecule has 0 radical (unpaired) electrons. The van der Waals surface area contributed by atoms with E-state index in [1.165, 1.54) is 5.56 Å². The van der Waals surface area contributed by atoms with Crippen molar-refractivity contribution in [2.45, 2.75) is 25.8 Å². The fraction of sp³-hybridized carbons (Fsp3) is 0.312. The standard InChI is InChI=1S/C16H18Cl2N2/c1-2-20-15(9-12-3-5-14(17)6-4-12)10-13-7-8-19-11-16(13)18/h3-8,11,15,20H,2,9-10H2,1H3. The highest BCUT2D eigenvalue weighted by molar-refractivity contribution is 6.31. The van der Waals surface area contributed by atoms with Crippen LogP contribution in [0.5, 0.6) is 0 Å². The van der Waals surface area contributed by atoms with Crippen LogP contribution in [-0.2, 0) is 12.8 Å². The molecule has 0 aliphatic rings. The van der Waals surface area contributed by atoms with Crippen LogP contribution in [-0.4, -0.2) is 17.6 Å². The third-order valence-electron chi connectivity index (χ3n) is 3.21. The maximum absolute atomic E-state index is 6.18. The van der Waals surface area contributed by atoms with Gasteiger partial charge in [0.05, 0.1) is 5.02 Å². The van der Waals surface area contributed by atoms with Gasteiger partial charge in [-0.05, 0) is 48.7 Å². The molecule has 2 nitrogen and oxygen atoms in total. The number of hydrogen-bond donors (Lipinski definition) is 1. The van der Waals surface area contributed by atoms with Crippen LogP contribution >= 0.6 is 23.2 Å². The van der Waals surface area contributed by atoms with Crippen molar-refractivity contribution in [3.05, 3.63) is 63.9 Å². The predicted molar refractivity (Wildman–Crippen MR) is 85.6 cm³/mol. The summed E-state index contributed by atoms with van der Waals surface area (Å²) in [6.07, 6.45) is 5.32. The van der Waals surface area contributed by atoms with Crippen molar-refractivity contribution in [3.8, 4) is 0 Å². The zero-order valence-corrected chi connectivity index (χ0v) is 13.0. The molecule has 2 rings (SSSR count). The molecule has 0 aliphatic carbocycles. The lowest BCUT2D eigenvalue weighted by molar-refractivity contribution is 0.521. The van der Waals surface area contributed by atoms with E-state index >= 15 is 0 Å². The minimum absolute atomic E-state index is 0.348. The molecule has 106 valence electrons. The first-order chi connectivity index (χ1) is 9.69. The predicted octanol–water partition coefficient (Wildman–Crippen LogP) is 4.15. The summed E-state index contributed by atoms with van der Waals surface area (Å²) >= 11 is 12.1. The number of benzene rings is 1. The van der Waals surface area contributed by atoms with Crippen LogP contribution in [0.3, 0.4) is 0 Å². The van der Waals surface area contributed by atoms with Crippen molar-refractivity contribution in [3.63, 3.8) is 0 Å². The van der Waals surface area contributed by atoms with Gasteiger partial charge in [-0.2, -0.15) is 0 Å². The van der Waals surface area contributed by atoms with Gasteiger partial charge in [0, 0.05) is 23.5 Å². The van der Waals surface area contributed by atoms with E-state index in [1.807, 2.05) is 18.2 Å². The van der Waals surface area contributed by atoms with Gasteiger partial charge in [0.2, 0.25) is 0 Å². The number of likely N-dealkylation sites (N-methyl/N-ethyl adjacent to an activating group) is 1. The number of pyridine rings is 1. The molecule has 0 saturated heterocycles. The largest absolute Gasteiger partial charge is 0.314 e. The molecule has 1 aromatic carbocycles. The lowest BCUT2D eigenvalue weighted by Crippen LogP contribution is -2.33. The molecular weight excluding hydrogens is 291 g/mol. The van der Waals surface area contributed by atoms with Crippen LogP contribution in [0.2, 0.25) is 10.0 Å².